The fraction of sp³-hybridized carbons (Fsp3) is 0.656. The highest BCUT2D eigenvalue weighted by atomic mass is 16.6. The number of aliphatic hydroxyl groups is 1. The van der Waals surface area contributed by atoms with E-state index in [0.29, 0.717) is 37.0 Å². The summed E-state index contributed by atoms with van der Waals surface area (Å²) in [6, 6.07) is 0. The number of hydrogen-bond acceptors (Lipinski definition) is 5. The van der Waals surface area contributed by atoms with Gasteiger partial charge in [-0.1, -0.05) is 55.7 Å². The first kappa shape index (κ1) is 29.3. The van der Waals surface area contributed by atoms with Crippen molar-refractivity contribution in [1.82, 2.24) is 0 Å². The summed E-state index contributed by atoms with van der Waals surface area (Å²) in [5, 5.41) is 10.7. The highest BCUT2D eigenvalue weighted by Gasteiger charge is 2.77. The minimum atomic E-state index is -1.79. The fourth-order valence-corrected chi connectivity index (χ4v) is 6.97. The van der Waals surface area contributed by atoms with Gasteiger partial charge in [0.1, 0.15) is 5.76 Å². The average Bonchev–Trinajstić information content (AvgIpc) is 3.11. The Morgan fingerprint density at radius 1 is 1.00 bits per heavy atom. The van der Waals surface area contributed by atoms with Crippen LogP contribution in [0.4, 0.5) is 0 Å². The Labute approximate surface area is 223 Å². The Bertz CT molecular complexity index is 1090. The van der Waals surface area contributed by atoms with Crippen LogP contribution in [0.15, 0.2) is 46.3 Å². The van der Waals surface area contributed by atoms with Crippen LogP contribution in [0.5, 0.6) is 0 Å². The normalized spacial score (nSPS) is 32.6. The molecule has 2 aliphatic carbocycles. The van der Waals surface area contributed by atoms with Crippen LogP contribution in [-0.4, -0.2) is 28.7 Å². The third kappa shape index (κ3) is 4.62. The quantitative estimate of drug-likeness (QED) is 0.272. The molecule has 3 aliphatic rings. The highest BCUT2D eigenvalue weighted by Crippen LogP contribution is 2.69. The van der Waals surface area contributed by atoms with Crippen molar-refractivity contribution in [2.24, 2.45) is 28.1 Å². The highest BCUT2D eigenvalue weighted by molar-refractivity contribution is 6.33. The van der Waals surface area contributed by atoms with Crippen molar-refractivity contribution < 1.29 is 24.2 Å². The molecule has 1 spiro atoms. The predicted octanol–water partition coefficient (Wildman–Crippen LogP) is 6.81. The summed E-state index contributed by atoms with van der Waals surface area (Å²) in [7, 11) is 0. The van der Waals surface area contributed by atoms with Crippen LogP contribution in [-0.2, 0) is 19.1 Å². The maximum absolute atomic E-state index is 14.8. The van der Waals surface area contributed by atoms with Gasteiger partial charge in [0.05, 0.1) is 5.41 Å². The number of ketones is 3. The Balaban J connectivity index is 2.41. The molecule has 0 amide bonds. The number of ether oxygens (including phenoxy) is 1. The molecule has 0 aromatic heterocycles. The molecule has 0 unspecified atom stereocenters. The molecule has 0 radical (unpaired) electrons. The lowest BCUT2D eigenvalue weighted by molar-refractivity contribution is -0.178. The van der Waals surface area contributed by atoms with Gasteiger partial charge in [-0.15, -0.1) is 0 Å². The van der Waals surface area contributed by atoms with Crippen LogP contribution in [0.2, 0.25) is 0 Å². The Morgan fingerprint density at radius 2 is 1.59 bits per heavy atom. The molecule has 0 aromatic carbocycles. The third-order valence-electron chi connectivity index (χ3n) is 8.86. The van der Waals surface area contributed by atoms with Crippen LogP contribution < -0.4 is 0 Å². The molecular weight excluding hydrogens is 464 g/mol. The maximum atomic E-state index is 14.8. The number of Topliss-reactive ketones (excluding diaryl/α,β-unsaturated/α-hetero) is 3. The molecule has 2 fully saturated rings. The zero-order chi connectivity index (χ0) is 27.9. The summed E-state index contributed by atoms with van der Waals surface area (Å²) in [5.41, 5.74) is -0.0742. The number of rotatable bonds is 9. The van der Waals surface area contributed by atoms with Crippen LogP contribution in [0.1, 0.15) is 101 Å². The van der Waals surface area contributed by atoms with Gasteiger partial charge < -0.3 is 9.84 Å². The molecule has 1 heterocycles. The zero-order valence-corrected chi connectivity index (χ0v) is 24.3. The molecule has 1 saturated heterocycles. The van der Waals surface area contributed by atoms with Gasteiger partial charge in [-0.25, -0.2) is 0 Å². The summed E-state index contributed by atoms with van der Waals surface area (Å²) < 4.78 is 5.90. The standard InChI is InChI=1S/C32H46O5/c1-19(2)11-10-16-30(9)23(14-12-20(3)4)17-31-18-25(33)37-28(31)24(15-13-21(5)6)27(35)32(30,29(31)36)26(34)22(7)8/h11-13,22-23,25,33H,10,14-18H2,1-9H3/t23-,25+,30+,31-,32-/m0/s1. The van der Waals surface area contributed by atoms with Crippen molar-refractivity contribution in [3.8, 4) is 0 Å². The molecule has 5 atom stereocenters. The minimum Gasteiger partial charge on any atom is -0.468 e. The summed E-state index contributed by atoms with van der Waals surface area (Å²) in [5.74, 6) is -1.33. The summed E-state index contributed by atoms with van der Waals surface area (Å²) >= 11 is 0. The molecule has 2 bridgehead atoms. The lowest BCUT2D eigenvalue weighted by Gasteiger charge is -2.60. The first-order valence-corrected chi connectivity index (χ1v) is 13.8. The monoisotopic (exact) mass is 510 g/mol. The molecule has 204 valence electrons. The fourth-order valence-electron chi connectivity index (χ4n) is 6.97. The van der Waals surface area contributed by atoms with Crippen molar-refractivity contribution >= 4 is 17.3 Å². The topological polar surface area (TPSA) is 80.7 Å². The number of hydrogen-bond donors (Lipinski definition) is 1. The van der Waals surface area contributed by atoms with Crippen LogP contribution >= 0.6 is 0 Å². The van der Waals surface area contributed by atoms with Gasteiger partial charge in [-0.2, -0.15) is 0 Å². The van der Waals surface area contributed by atoms with E-state index in [1.165, 1.54) is 5.57 Å². The Kier molecular flexibility index (Phi) is 8.29. The largest absolute Gasteiger partial charge is 0.468 e. The van der Waals surface area contributed by atoms with E-state index in [1.54, 1.807) is 13.8 Å². The molecular formula is C32H46O5. The van der Waals surface area contributed by atoms with Crippen molar-refractivity contribution in [2.45, 2.75) is 107 Å². The lowest BCUT2D eigenvalue weighted by atomic mass is 9.38. The van der Waals surface area contributed by atoms with E-state index in [1.807, 2.05) is 54.5 Å². The summed E-state index contributed by atoms with van der Waals surface area (Å²) in [6.45, 7) is 17.7. The number of allylic oxidation sites excluding steroid dienone is 8. The zero-order valence-electron chi connectivity index (χ0n) is 24.3. The van der Waals surface area contributed by atoms with Gasteiger partial charge in [0.2, 0.25) is 0 Å². The third-order valence-corrected chi connectivity index (χ3v) is 8.86. The van der Waals surface area contributed by atoms with Crippen molar-refractivity contribution in [2.75, 3.05) is 0 Å². The van der Waals surface area contributed by atoms with Crippen molar-refractivity contribution in [3.63, 3.8) is 0 Å². The summed E-state index contributed by atoms with van der Waals surface area (Å²) in [6.07, 6.45) is 7.81. The molecule has 1 N–H and O–H groups in total. The second kappa shape index (κ2) is 10.5. The maximum Gasteiger partial charge on any atom is 0.198 e. The smallest absolute Gasteiger partial charge is 0.198 e. The van der Waals surface area contributed by atoms with Gasteiger partial charge in [-0.3, -0.25) is 14.4 Å². The van der Waals surface area contributed by atoms with Gasteiger partial charge in [0.25, 0.3) is 0 Å². The average molecular weight is 511 g/mol. The molecule has 5 heteroatoms. The van der Waals surface area contributed by atoms with Crippen molar-refractivity contribution in [3.05, 3.63) is 46.3 Å². The Hall–Kier alpha value is -2.27. The molecule has 5 nitrogen and oxygen atoms in total. The van der Waals surface area contributed by atoms with Gasteiger partial charge in [-0.05, 0) is 85.0 Å². The minimum absolute atomic E-state index is 0.0925. The van der Waals surface area contributed by atoms with E-state index >= 15 is 0 Å². The van der Waals surface area contributed by atoms with Gasteiger partial charge in [0, 0.05) is 17.9 Å². The SMILES string of the molecule is CC(C)=CCC[C@]1(C)[C@@H](CC=C(C)C)C[C@]23C[C@H](O)OC2=C(CC=C(C)C)C(=O)[C@@]1(C(=O)C(C)C)C3=O. The molecule has 1 saturated carbocycles. The van der Waals surface area contributed by atoms with Crippen LogP contribution in [0.25, 0.3) is 0 Å². The second-order valence-electron chi connectivity index (χ2n) is 12.7. The molecule has 0 aromatic rings. The van der Waals surface area contributed by atoms with E-state index in [-0.39, 0.29) is 30.3 Å². The van der Waals surface area contributed by atoms with E-state index in [2.05, 4.69) is 12.2 Å². The molecule has 37 heavy (non-hydrogen) atoms. The van der Waals surface area contributed by atoms with Gasteiger partial charge in [0.15, 0.2) is 29.1 Å². The van der Waals surface area contributed by atoms with Crippen LogP contribution in [0, 0.1) is 28.1 Å². The van der Waals surface area contributed by atoms with E-state index in [9.17, 15) is 19.5 Å². The Morgan fingerprint density at radius 3 is 2.14 bits per heavy atom. The first-order valence-electron chi connectivity index (χ1n) is 13.8. The molecule has 3 rings (SSSR count). The van der Waals surface area contributed by atoms with Crippen LogP contribution in [0.3, 0.4) is 0 Å². The number of carbonyl (C=O) groups is 3. The van der Waals surface area contributed by atoms with Gasteiger partial charge >= 0.3 is 0 Å². The summed E-state index contributed by atoms with van der Waals surface area (Å²) in [4.78, 5) is 43.9. The lowest BCUT2D eigenvalue weighted by Crippen LogP contribution is -2.70. The van der Waals surface area contributed by atoms with E-state index in [4.69, 9.17) is 4.74 Å². The first-order chi connectivity index (χ1) is 17.1. The van der Waals surface area contributed by atoms with Crippen molar-refractivity contribution in [1.29, 1.82) is 0 Å². The second-order valence-corrected chi connectivity index (χ2v) is 12.7. The number of aliphatic hydroxyl groups excluding tert-OH is 1. The molecule has 1 aliphatic heterocycles. The number of carbonyl (C=O) groups excluding carboxylic acids is 3. The predicted molar refractivity (Wildman–Crippen MR) is 146 cm³/mol. The van der Waals surface area contributed by atoms with E-state index in [0.717, 1.165) is 11.1 Å². The van der Waals surface area contributed by atoms with E-state index < -0.39 is 34.2 Å². The number of fused-ring (bicyclic) bond motifs is 1.